The topological polar surface area (TPSA) is 120 Å². The van der Waals surface area contributed by atoms with E-state index in [0.29, 0.717) is 5.65 Å². The Kier molecular flexibility index (Phi) is 5.34. The van der Waals surface area contributed by atoms with Crippen molar-refractivity contribution in [2.45, 2.75) is 11.5 Å². The van der Waals surface area contributed by atoms with Crippen LogP contribution in [0.4, 0.5) is 14.5 Å². The van der Waals surface area contributed by atoms with Crippen molar-refractivity contribution in [2.24, 2.45) is 7.05 Å². The number of hydrogen-bond donors (Lipinski definition) is 1. The zero-order chi connectivity index (χ0) is 23.0. The summed E-state index contributed by atoms with van der Waals surface area (Å²) in [4.78, 5) is 16.9. The Morgan fingerprint density at radius 2 is 2.06 bits per heavy atom. The maximum absolute atomic E-state index is 12.9. The molecule has 1 N–H and O–H groups in total. The van der Waals surface area contributed by atoms with Crippen LogP contribution >= 0.6 is 0 Å². The molecule has 0 aliphatic carbocycles. The highest BCUT2D eigenvalue weighted by atomic mass is 32.2. The summed E-state index contributed by atoms with van der Waals surface area (Å²) in [5.41, 5.74) is 0.664. The standard InChI is InChI=1S/C19H16F2N6O4S/c1-26-10-14(24-18(28)13-9-23-27-7-3-6-22-17(13)27)16(25-26)12-8-11(32(2,29)30)4-5-15(12)31-19(20)21/h3-10,19H,1-2H3,(H,24,28). The fourth-order valence-corrected chi connectivity index (χ4v) is 3.73. The second-order valence-electron chi connectivity index (χ2n) is 6.77. The van der Waals surface area contributed by atoms with Crippen molar-refractivity contribution in [2.75, 3.05) is 11.6 Å². The lowest BCUT2D eigenvalue weighted by atomic mass is 10.1. The van der Waals surface area contributed by atoms with Crippen molar-refractivity contribution in [1.29, 1.82) is 0 Å². The highest BCUT2D eigenvalue weighted by Crippen LogP contribution is 2.36. The minimum Gasteiger partial charge on any atom is -0.434 e. The van der Waals surface area contributed by atoms with Gasteiger partial charge in [-0.25, -0.2) is 17.9 Å². The summed E-state index contributed by atoms with van der Waals surface area (Å²) >= 11 is 0. The quantitative estimate of drug-likeness (QED) is 0.467. The molecule has 10 nitrogen and oxygen atoms in total. The molecule has 1 amide bonds. The number of carbonyl (C=O) groups excluding carboxylic acids is 1. The molecular formula is C19H16F2N6O4S. The predicted octanol–water partition coefficient (Wildman–Crippen LogP) is 2.39. The number of aryl methyl sites for hydroxylation is 1. The first-order valence-electron chi connectivity index (χ1n) is 9.06. The maximum atomic E-state index is 12.9. The van der Waals surface area contributed by atoms with E-state index >= 15 is 0 Å². The summed E-state index contributed by atoms with van der Waals surface area (Å²) in [5.74, 6) is -0.859. The third-order valence-corrected chi connectivity index (χ3v) is 5.56. The van der Waals surface area contributed by atoms with Gasteiger partial charge >= 0.3 is 6.61 Å². The van der Waals surface area contributed by atoms with Gasteiger partial charge in [-0.3, -0.25) is 9.48 Å². The molecule has 0 bridgehead atoms. The second-order valence-corrected chi connectivity index (χ2v) is 8.79. The first-order valence-corrected chi connectivity index (χ1v) is 11.0. The SMILES string of the molecule is Cn1cc(NC(=O)c2cnn3cccnc23)c(-c2cc(S(C)(=O)=O)ccc2OC(F)F)n1. The number of fused-ring (bicyclic) bond motifs is 1. The molecule has 4 aromatic rings. The maximum Gasteiger partial charge on any atom is 0.387 e. The molecule has 32 heavy (non-hydrogen) atoms. The number of nitrogens with zero attached hydrogens (tertiary/aromatic N) is 5. The normalized spacial score (nSPS) is 11.8. The lowest BCUT2D eigenvalue weighted by Gasteiger charge is -2.12. The molecule has 1 aromatic carbocycles. The number of amides is 1. The van der Waals surface area contributed by atoms with Gasteiger partial charge in [-0.05, 0) is 24.3 Å². The molecule has 0 aliphatic heterocycles. The van der Waals surface area contributed by atoms with Crippen LogP contribution in [-0.4, -0.2) is 51.6 Å². The van der Waals surface area contributed by atoms with Gasteiger partial charge < -0.3 is 10.1 Å². The Bertz CT molecular complexity index is 1430. The monoisotopic (exact) mass is 462 g/mol. The molecule has 166 valence electrons. The average molecular weight is 462 g/mol. The zero-order valence-corrected chi connectivity index (χ0v) is 17.5. The van der Waals surface area contributed by atoms with Gasteiger partial charge in [0.15, 0.2) is 15.5 Å². The molecule has 13 heteroatoms. The number of benzene rings is 1. The van der Waals surface area contributed by atoms with Crippen LogP contribution in [0.15, 0.2) is 53.9 Å². The van der Waals surface area contributed by atoms with E-state index in [1.54, 1.807) is 19.3 Å². The van der Waals surface area contributed by atoms with Gasteiger partial charge in [0, 0.05) is 37.5 Å². The minimum atomic E-state index is -3.65. The fraction of sp³-hybridized carbons (Fsp3) is 0.158. The Morgan fingerprint density at radius 3 is 2.78 bits per heavy atom. The molecule has 0 saturated heterocycles. The number of rotatable bonds is 6. The first-order chi connectivity index (χ1) is 15.1. The van der Waals surface area contributed by atoms with Crippen molar-refractivity contribution >= 4 is 27.1 Å². The second kappa shape index (κ2) is 8.00. The predicted molar refractivity (Wildman–Crippen MR) is 109 cm³/mol. The Morgan fingerprint density at radius 1 is 1.28 bits per heavy atom. The van der Waals surface area contributed by atoms with Crippen LogP contribution in [0.1, 0.15) is 10.4 Å². The number of anilines is 1. The van der Waals surface area contributed by atoms with Crippen molar-refractivity contribution < 1.29 is 26.7 Å². The van der Waals surface area contributed by atoms with Crippen molar-refractivity contribution in [1.82, 2.24) is 24.4 Å². The van der Waals surface area contributed by atoms with E-state index < -0.39 is 22.4 Å². The highest BCUT2D eigenvalue weighted by molar-refractivity contribution is 7.90. The molecule has 0 aliphatic rings. The Hall–Kier alpha value is -3.87. The minimum absolute atomic E-state index is 0.0258. The zero-order valence-electron chi connectivity index (χ0n) is 16.7. The van der Waals surface area contributed by atoms with Crippen LogP contribution in [0.2, 0.25) is 0 Å². The van der Waals surface area contributed by atoms with Gasteiger partial charge in [0.2, 0.25) is 0 Å². The van der Waals surface area contributed by atoms with E-state index in [1.807, 2.05) is 0 Å². The molecule has 3 aromatic heterocycles. The molecule has 0 unspecified atom stereocenters. The van der Waals surface area contributed by atoms with E-state index in [2.05, 4.69) is 25.2 Å². The number of nitrogens with one attached hydrogen (secondary N) is 1. The highest BCUT2D eigenvalue weighted by Gasteiger charge is 2.23. The molecule has 0 fully saturated rings. The summed E-state index contributed by atoms with van der Waals surface area (Å²) < 4.78 is 57.2. The lowest BCUT2D eigenvalue weighted by molar-refractivity contribution is -0.0494. The van der Waals surface area contributed by atoms with Crippen LogP contribution in [0.25, 0.3) is 16.9 Å². The van der Waals surface area contributed by atoms with E-state index in [1.165, 1.54) is 33.9 Å². The van der Waals surface area contributed by atoms with Crippen molar-refractivity contribution in [3.63, 3.8) is 0 Å². The Balaban J connectivity index is 1.79. The van der Waals surface area contributed by atoms with Crippen LogP contribution in [0.5, 0.6) is 5.75 Å². The van der Waals surface area contributed by atoms with Crippen LogP contribution < -0.4 is 10.1 Å². The van der Waals surface area contributed by atoms with E-state index in [0.717, 1.165) is 18.4 Å². The summed E-state index contributed by atoms with van der Waals surface area (Å²) in [7, 11) is -2.09. The number of alkyl halides is 2. The third kappa shape index (κ3) is 4.14. The van der Waals surface area contributed by atoms with Crippen LogP contribution in [-0.2, 0) is 16.9 Å². The number of ether oxygens (including phenoxy) is 1. The summed E-state index contributed by atoms with van der Waals surface area (Å²) in [6, 6.07) is 5.10. The smallest absolute Gasteiger partial charge is 0.387 e. The molecule has 3 heterocycles. The molecular weight excluding hydrogens is 446 g/mol. The van der Waals surface area contributed by atoms with Crippen molar-refractivity contribution in [3.05, 3.63) is 54.6 Å². The van der Waals surface area contributed by atoms with E-state index in [4.69, 9.17) is 0 Å². The Labute approximate surface area is 180 Å². The van der Waals surface area contributed by atoms with Gasteiger partial charge in [-0.15, -0.1) is 0 Å². The number of carbonyl (C=O) groups is 1. The van der Waals surface area contributed by atoms with Gasteiger partial charge in [0.05, 0.1) is 16.8 Å². The largest absolute Gasteiger partial charge is 0.434 e. The van der Waals surface area contributed by atoms with Gasteiger partial charge in [-0.2, -0.15) is 19.0 Å². The summed E-state index contributed by atoms with van der Waals surface area (Å²) in [5, 5.41) is 10.9. The molecule has 0 radical (unpaired) electrons. The molecule has 0 saturated carbocycles. The van der Waals surface area contributed by atoms with Crippen LogP contribution in [0, 0.1) is 0 Å². The fourth-order valence-electron chi connectivity index (χ4n) is 3.08. The first kappa shape index (κ1) is 21.4. The van der Waals surface area contributed by atoms with Gasteiger partial charge in [-0.1, -0.05) is 0 Å². The number of sulfone groups is 1. The average Bonchev–Trinajstić information content (AvgIpc) is 3.30. The van der Waals surface area contributed by atoms with Crippen molar-refractivity contribution in [3.8, 4) is 17.0 Å². The van der Waals surface area contributed by atoms with Gasteiger partial charge in [0.1, 0.15) is 17.0 Å². The number of hydrogen-bond acceptors (Lipinski definition) is 7. The molecule has 4 rings (SSSR count). The van der Waals surface area contributed by atoms with E-state index in [9.17, 15) is 22.0 Å². The summed E-state index contributed by atoms with van der Waals surface area (Å²) in [6.07, 6.45) is 6.90. The third-order valence-electron chi connectivity index (χ3n) is 4.45. The molecule has 0 spiro atoms. The van der Waals surface area contributed by atoms with Gasteiger partial charge in [0.25, 0.3) is 5.91 Å². The summed E-state index contributed by atoms with van der Waals surface area (Å²) in [6.45, 7) is -3.15. The van der Waals surface area contributed by atoms with E-state index in [-0.39, 0.29) is 33.2 Å². The lowest BCUT2D eigenvalue weighted by Crippen LogP contribution is -2.12. The molecule has 0 atom stereocenters. The van der Waals surface area contributed by atoms with Crippen LogP contribution in [0.3, 0.4) is 0 Å². The number of halogens is 2. The number of aromatic nitrogens is 5.